The monoisotopic (exact) mass is 728 g/mol. The van der Waals surface area contributed by atoms with Crippen LogP contribution in [0.3, 0.4) is 0 Å². The molecule has 2 unspecified atom stereocenters. The lowest BCUT2D eigenvalue weighted by atomic mass is 9.57. The smallest absolute Gasteiger partial charge is 0.178 e. The first-order chi connectivity index (χ1) is 26.7. The lowest BCUT2D eigenvalue weighted by molar-refractivity contribution is 0.143. The Labute approximate surface area is 326 Å². The van der Waals surface area contributed by atoms with Crippen molar-refractivity contribution in [2.24, 2.45) is 17.3 Å². The molecule has 280 valence electrons. The molecule has 5 aromatic carbocycles. The molecule has 0 aromatic heterocycles. The molecule has 4 fully saturated rings. The molecule has 0 radical (unpaired) electrons. The zero-order valence-electron chi connectivity index (χ0n) is 33.0. The van der Waals surface area contributed by atoms with Gasteiger partial charge in [0, 0.05) is 27.5 Å². The number of methoxy groups -OCH3 is 3. The quantitative estimate of drug-likeness (QED) is 0.163. The molecule has 1 heterocycles. The Hall–Kier alpha value is -4.96. The van der Waals surface area contributed by atoms with Crippen molar-refractivity contribution in [1.82, 2.24) is 0 Å². The first-order valence-corrected chi connectivity index (χ1v) is 20.3. The third-order valence-corrected chi connectivity index (χ3v) is 14.1. The summed E-state index contributed by atoms with van der Waals surface area (Å²) in [4.78, 5) is 0. The molecule has 1 spiro atoms. The first kappa shape index (κ1) is 34.5. The van der Waals surface area contributed by atoms with Crippen molar-refractivity contribution in [3.8, 4) is 34.1 Å². The average Bonchev–Trinajstić information content (AvgIpc) is 3.48. The molecule has 4 heteroatoms. The van der Waals surface area contributed by atoms with Crippen LogP contribution < -0.4 is 18.9 Å². The van der Waals surface area contributed by atoms with Crippen LogP contribution in [0.2, 0.25) is 0 Å². The second-order valence-electron chi connectivity index (χ2n) is 18.0. The second kappa shape index (κ2) is 12.5. The molecular weight excluding hydrogens is 677 g/mol. The Kier molecular flexibility index (Phi) is 7.87. The lowest BCUT2D eigenvalue weighted by Gasteiger charge is -2.47. The Morgan fingerprint density at radius 1 is 0.745 bits per heavy atom. The van der Waals surface area contributed by atoms with Gasteiger partial charge < -0.3 is 18.9 Å². The topological polar surface area (TPSA) is 36.9 Å². The highest BCUT2D eigenvalue weighted by atomic mass is 16.5. The molecule has 0 saturated heterocycles. The van der Waals surface area contributed by atoms with E-state index in [9.17, 15) is 0 Å². The van der Waals surface area contributed by atoms with Gasteiger partial charge in [-0.25, -0.2) is 0 Å². The Balaban J connectivity index is 1.30. The van der Waals surface area contributed by atoms with Crippen molar-refractivity contribution in [1.29, 1.82) is 0 Å². The molecule has 2 bridgehead atoms. The van der Waals surface area contributed by atoms with E-state index in [0.29, 0.717) is 11.8 Å². The van der Waals surface area contributed by atoms with Gasteiger partial charge in [-0.3, -0.25) is 0 Å². The molecule has 55 heavy (non-hydrogen) atoms. The van der Waals surface area contributed by atoms with Crippen LogP contribution in [0.5, 0.6) is 23.0 Å². The number of hydrogen-bond acceptors (Lipinski definition) is 4. The summed E-state index contributed by atoms with van der Waals surface area (Å²) in [5.74, 6) is 5.58. The summed E-state index contributed by atoms with van der Waals surface area (Å²) in [5, 5.41) is 2.38. The van der Waals surface area contributed by atoms with E-state index in [4.69, 9.17) is 25.5 Å². The molecule has 4 saturated carbocycles. The summed E-state index contributed by atoms with van der Waals surface area (Å²) >= 11 is 0. The molecule has 6 aliphatic rings. The SMILES string of the molecule is C=C1CC(C)(C)CC2(C1)c1ccccc1-c1c2c2c(c3cc(C4CC5CCC4CC5)c(OC)cc13)OC(c1ccc(OC)cc1)(c1ccc(OC)cc1)C=C2. The minimum atomic E-state index is -0.898. The van der Waals surface area contributed by atoms with Crippen LogP contribution >= 0.6 is 0 Å². The minimum absolute atomic E-state index is 0.0862. The summed E-state index contributed by atoms with van der Waals surface area (Å²) < 4.78 is 25.5. The number of hydrogen-bond donors (Lipinski definition) is 0. The number of benzene rings is 5. The summed E-state index contributed by atoms with van der Waals surface area (Å²) in [6.45, 7) is 9.54. The van der Waals surface area contributed by atoms with Crippen molar-refractivity contribution in [3.05, 3.63) is 137 Å². The van der Waals surface area contributed by atoms with E-state index in [0.717, 1.165) is 59.3 Å². The molecule has 0 amide bonds. The van der Waals surface area contributed by atoms with Gasteiger partial charge in [0.25, 0.3) is 0 Å². The Bertz CT molecular complexity index is 2330. The van der Waals surface area contributed by atoms with E-state index in [2.05, 4.69) is 86.7 Å². The summed E-state index contributed by atoms with van der Waals surface area (Å²) in [5.41, 5.74) is 10.4. The summed E-state index contributed by atoms with van der Waals surface area (Å²) in [6.07, 6.45) is 14.3. The van der Waals surface area contributed by atoms with Gasteiger partial charge in [0.2, 0.25) is 0 Å². The molecule has 1 aliphatic heterocycles. The molecule has 4 nitrogen and oxygen atoms in total. The van der Waals surface area contributed by atoms with Gasteiger partial charge in [-0.1, -0.05) is 93.4 Å². The highest BCUT2D eigenvalue weighted by Gasteiger charge is 2.53. The van der Waals surface area contributed by atoms with Crippen molar-refractivity contribution in [3.63, 3.8) is 0 Å². The van der Waals surface area contributed by atoms with Gasteiger partial charge in [0.15, 0.2) is 5.60 Å². The van der Waals surface area contributed by atoms with Crippen LogP contribution in [0.25, 0.3) is 28.0 Å². The van der Waals surface area contributed by atoms with Crippen molar-refractivity contribution >= 4 is 16.8 Å². The minimum Gasteiger partial charge on any atom is -0.497 e. The van der Waals surface area contributed by atoms with Gasteiger partial charge in [-0.05, 0) is 137 Å². The van der Waals surface area contributed by atoms with E-state index in [1.54, 1.807) is 14.2 Å². The highest BCUT2D eigenvalue weighted by Crippen LogP contribution is 2.65. The van der Waals surface area contributed by atoms with Gasteiger partial charge in [0.05, 0.1) is 21.3 Å². The first-order valence-electron chi connectivity index (χ1n) is 20.3. The van der Waals surface area contributed by atoms with E-state index < -0.39 is 5.60 Å². The fraction of sp³-hybridized carbons (Fsp3) is 0.373. The largest absolute Gasteiger partial charge is 0.497 e. The number of allylic oxidation sites excluding steroid dienone is 1. The van der Waals surface area contributed by atoms with E-state index in [1.165, 1.54) is 81.8 Å². The standard InChI is InChI=1S/C51H52O4/c1-31-28-49(2,3)30-50(29-31)44-10-8-7-9-38(44)46-42-27-45(54-6)41(40-25-32-11-13-33(40)14-12-32)26-43(42)48-39(47(46)50)23-24-51(55-48,34-15-19-36(52-4)20-16-34)35-17-21-37(53-5)22-18-35/h7-10,15-24,26-27,32-33,40H,1,11-14,25,28-30H2,2-6H3. The number of ether oxygens (including phenoxy) is 4. The predicted octanol–water partition coefficient (Wildman–Crippen LogP) is 12.5. The van der Waals surface area contributed by atoms with Crippen LogP contribution in [-0.4, -0.2) is 21.3 Å². The Morgan fingerprint density at radius 2 is 1.42 bits per heavy atom. The predicted molar refractivity (Wildman–Crippen MR) is 223 cm³/mol. The normalized spacial score (nSPS) is 25.3. The van der Waals surface area contributed by atoms with E-state index in [1.807, 2.05) is 31.4 Å². The highest BCUT2D eigenvalue weighted by molar-refractivity contribution is 6.09. The molecule has 0 N–H and O–H groups in total. The summed E-state index contributed by atoms with van der Waals surface area (Å²) in [6, 6.07) is 30.8. The van der Waals surface area contributed by atoms with Gasteiger partial charge in [-0.15, -0.1) is 0 Å². The maximum atomic E-state index is 7.84. The molecule has 2 atom stereocenters. The van der Waals surface area contributed by atoms with Gasteiger partial charge in [0.1, 0.15) is 23.0 Å². The summed E-state index contributed by atoms with van der Waals surface area (Å²) in [7, 11) is 5.30. The van der Waals surface area contributed by atoms with E-state index in [-0.39, 0.29) is 10.8 Å². The second-order valence-corrected chi connectivity index (χ2v) is 18.0. The van der Waals surface area contributed by atoms with Crippen LogP contribution in [0.15, 0.2) is 103 Å². The van der Waals surface area contributed by atoms with E-state index >= 15 is 0 Å². The maximum Gasteiger partial charge on any atom is 0.178 e. The average molecular weight is 729 g/mol. The number of rotatable bonds is 6. The molecular formula is C51H52O4. The Morgan fingerprint density at radius 3 is 2.02 bits per heavy atom. The zero-order chi connectivity index (χ0) is 37.7. The number of fused-ring (bicyclic) bond motifs is 13. The van der Waals surface area contributed by atoms with Crippen molar-refractivity contribution in [2.45, 2.75) is 82.1 Å². The van der Waals surface area contributed by atoms with Crippen LogP contribution in [0.4, 0.5) is 0 Å². The zero-order valence-corrected chi connectivity index (χ0v) is 33.0. The van der Waals surface area contributed by atoms with Crippen molar-refractivity contribution in [2.75, 3.05) is 21.3 Å². The van der Waals surface area contributed by atoms with Crippen LogP contribution in [0.1, 0.15) is 105 Å². The third-order valence-electron chi connectivity index (χ3n) is 14.1. The van der Waals surface area contributed by atoms with Crippen LogP contribution in [0, 0.1) is 17.3 Å². The fourth-order valence-corrected chi connectivity index (χ4v) is 12.1. The van der Waals surface area contributed by atoms with Crippen molar-refractivity contribution < 1.29 is 18.9 Å². The molecule has 5 aliphatic carbocycles. The van der Waals surface area contributed by atoms with Crippen LogP contribution in [-0.2, 0) is 11.0 Å². The maximum absolute atomic E-state index is 7.84. The fourth-order valence-electron chi connectivity index (χ4n) is 12.1. The van der Waals surface area contributed by atoms with Gasteiger partial charge >= 0.3 is 0 Å². The molecule has 11 rings (SSSR count). The molecule has 5 aromatic rings. The van der Waals surface area contributed by atoms with Gasteiger partial charge in [-0.2, -0.15) is 0 Å². The third kappa shape index (κ3) is 5.16. The lowest BCUT2D eigenvalue weighted by Crippen LogP contribution is -2.39.